The summed E-state index contributed by atoms with van der Waals surface area (Å²) in [6.07, 6.45) is 2.66. The van der Waals surface area contributed by atoms with Gasteiger partial charge in [0, 0.05) is 31.7 Å². The molecule has 0 radical (unpaired) electrons. The minimum Gasteiger partial charge on any atom is -0.508 e. The fourth-order valence-electron chi connectivity index (χ4n) is 3.53. The molecule has 6 heteroatoms. The molecule has 0 saturated carbocycles. The summed E-state index contributed by atoms with van der Waals surface area (Å²) >= 11 is 0. The highest BCUT2D eigenvalue weighted by atomic mass is 16.3. The minimum absolute atomic E-state index is 0.0485. The van der Waals surface area contributed by atoms with Crippen molar-refractivity contribution in [3.8, 4) is 5.75 Å². The molecule has 1 saturated heterocycles. The number of carbonyl (C=O) groups is 2. The summed E-state index contributed by atoms with van der Waals surface area (Å²) in [6.45, 7) is 2.05. The van der Waals surface area contributed by atoms with Crippen LogP contribution in [0.3, 0.4) is 0 Å². The lowest BCUT2D eigenvalue weighted by Crippen LogP contribution is -2.41. The fraction of sp³-hybridized carbons (Fsp3) is 0.364. The summed E-state index contributed by atoms with van der Waals surface area (Å²) in [5.41, 5.74) is 8.31. The topological polar surface area (TPSA) is 95.7 Å². The minimum atomic E-state index is -0.229. The zero-order chi connectivity index (χ0) is 19.9. The smallest absolute Gasteiger partial charge is 0.222 e. The van der Waals surface area contributed by atoms with E-state index in [4.69, 9.17) is 5.73 Å². The number of para-hydroxylation sites is 1. The van der Waals surface area contributed by atoms with Crippen molar-refractivity contribution in [2.45, 2.75) is 32.2 Å². The molecule has 28 heavy (non-hydrogen) atoms. The van der Waals surface area contributed by atoms with Gasteiger partial charge in [-0.15, -0.1) is 0 Å². The lowest BCUT2D eigenvalue weighted by molar-refractivity contribution is -0.122. The summed E-state index contributed by atoms with van der Waals surface area (Å²) in [4.78, 5) is 25.7. The molecule has 0 aromatic heterocycles. The second-order valence-electron chi connectivity index (χ2n) is 7.26. The number of carbonyl (C=O) groups excluding carboxylic acids is 2. The number of nitrogens with two attached hydrogens (primary N) is 1. The van der Waals surface area contributed by atoms with E-state index in [9.17, 15) is 14.7 Å². The molecule has 1 heterocycles. The number of aromatic hydroxyl groups is 1. The molecule has 1 aliphatic heterocycles. The quantitative estimate of drug-likeness (QED) is 0.686. The third-order valence-electron chi connectivity index (χ3n) is 5.23. The molecule has 6 nitrogen and oxygen atoms in total. The number of aryl methyl sites for hydroxylation is 1. The molecule has 0 bridgehead atoms. The van der Waals surface area contributed by atoms with Crippen molar-refractivity contribution in [1.82, 2.24) is 5.32 Å². The first-order chi connectivity index (χ1) is 13.5. The molecule has 1 atom stereocenters. The lowest BCUT2D eigenvalue weighted by atomic mass is 9.97. The largest absolute Gasteiger partial charge is 0.508 e. The predicted octanol–water partition coefficient (Wildman–Crippen LogP) is 2.34. The molecule has 148 valence electrons. The Morgan fingerprint density at radius 1 is 1.14 bits per heavy atom. The molecule has 1 unspecified atom stereocenters. The highest BCUT2D eigenvalue weighted by Gasteiger charge is 2.24. The third kappa shape index (κ3) is 5.25. The van der Waals surface area contributed by atoms with Crippen LogP contribution in [-0.4, -0.2) is 30.0 Å². The van der Waals surface area contributed by atoms with Crippen molar-refractivity contribution in [1.29, 1.82) is 0 Å². The number of hydrogen-bond acceptors (Lipinski definition) is 4. The van der Waals surface area contributed by atoms with Gasteiger partial charge in [-0.1, -0.05) is 30.3 Å². The number of nitrogens with one attached hydrogen (secondary N) is 1. The maximum absolute atomic E-state index is 12.1. The van der Waals surface area contributed by atoms with Crippen LogP contribution in [0.4, 0.5) is 5.69 Å². The first kappa shape index (κ1) is 19.7. The van der Waals surface area contributed by atoms with Crippen LogP contribution in [0.2, 0.25) is 0 Å². The fourth-order valence-corrected chi connectivity index (χ4v) is 3.53. The lowest BCUT2D eigenvalue weighted by Gasteiger charge is -2.33. The van der Waals surface area contributed by atoms with Crippen molar-refractivity contribution in [2.24, 2.45) is 11.7 Å². The van der Waals surface area contributed by atoms with E-state index in [1.54, 1.807) is 12.1 Å². The Bertz CT molecular complexity index is 820. The van der Waals surface area contributed by atoms with Crippen molar-refractivity contribution in [2.75, 3.05) is 18.0 Å². The van der Waals surface area contributed by atoms with E-state index in [1.807, 2.05) is 36.4 Å². The zero-order valence-electron chi connectivity index (χ0n) is 15.9. The van der Waals surface area contributed by atoms with Crippen LogP contribution >= 0.6 is 0 Å². The average Bonchev–Trinajstić information content (AvgIpc) is 2.72. The number of primary amides is 1. The molecule has 1 aliphatic rings. The normalized spacial score (nSPS) is 16.6. The standard InChI is InChI=1S/C22H27N3O3/c23-22(28)18-5-3-13-25(15-18)19-10-7-16(8-11-19)14-24-21(27)12-9-17-4-1-2-6-20(17)26/h1-2,4,6-8,10-11,18,26H,3,5,9,12-15H2,(H2,23,28)(H,24,27). The maximum atomic E-state index is 12.1. The molecule has 3 rings (SSSR count). The maximum Gasteiger partial charge on any atom is 0.222 e. The van der Waals surface area contributed by atoms with Gasteiger partial charge in [0.15, 0.2) is 0 Å². The van der Waals surface area contributed by atoms with Crippen molar-refractivity contribution in [3.05, 3.63) is 59.7 Å². The molecule has 1 fully saturated rings. The molecule has 0 aliphatic carbocycles. The average molecular weight is 381 g/mol. The first-order valence-corrected chi connectivity index (χ1v) is 9.69. The van der Waals surface area contributed by atoms with Gasteiger partial charge in [-0.3, -0.25) is 9.59 Å². The number of anilines is 1. The highest BCUT2D eigenvalue weighted by molar-refractivity contribution is 5.77. The van der Waals surface area contributed by atoms with E-state index in [1.165, 1.54) is 0 Å². The number of phenols is 1. The number of benzene rings is 2. The van der Waals surface area contributed by atoms with E-state index in [0.717, 1.165) is 36.2 Å². The number of hydrogen-bond donors (Lipinski definition) is 3. The van der Waals surface area contributed by atoms with Crippen LogP contribution in [0.25, 0.3) is 0 Å². The number of nitrogens with zero attached hydrogens (tertiary/aromatic N) is 1. The summed E-state index contributed by atoms with van der Waals surface area (Å²) in [7, 11) is 0. The molecule has 2 aromatic carbocycles. The van der Waals surface area contributed by atoms with Crippen molar-refractivity contribution >= 4 is 17.5 Å². The van der Waals surface area contributed by atoms with Gasteiger partial charge in [0.2, 0.25) is 11.8 Å². The van der Waals surface area contributed by atoms with Crippen LogP contribution in [0.5, 0.6) is 5.75 Å². The van der Waals surface area contributed by atoms with Gasteiger partial charge in [-0.2, -0.15) is 0 Å². The van der Waals surface area contributed by atoms with Crippen LogP contribution in [0.15, 0.2) is 48.5 Å². The summed E-state index contributed by atoms with van der Waals surface area (Å²) in [5.74, 6) is -0.139. The van der Waals surface area contributed by atoms with Crippen LogP contribution in [-0.2, 0) is 22.6 Å². The Labute approximate surface area is 165 Å². The Hall–Kier alpha value is -3.02. The summed E-state index contributed by atoms with van der Waals surface area (Å²) in [6, 6.07) is 15.1. The van der Waals surface area contributed by atoms with Gasteiger partial charge in [0.1, 0.15) is 5.75 Å². The van der Waals surface area contributed by atoms with Crippen LogP contribution in [0, 0.1) is 5.92 Å². The zero-order valence-corrected chi connectivity index (χ0v) is 15.9. The second-order valence-corrected chi connectivity index (χ2v) is 7.26. The molecule has 2 amide bonds. The van der Waals surface area contributed by atoms with Gasteiger partial charge in [-0.25, -0.2) is 0 Å². The Morgan fingerprint density at radius 3 is 2.61 bits per heavy atom. The molecule has 0 spiro atoms. The van der Waals surface area contributed by atoms with E-state index >= 15 is 0 Å². The van der Waals surface area contributed by atoms with E-state index < -0.39 is 0 Å². The monoisotopic (exact) mass is 381 g/mol. The van der Waals surface area contributed by atoms with Gasteiger partial charge < -0.3 is 21.1 Å². The Kier molecular flexibility index (Phi) is 6.53. The Morgan fingerprint density at radius 2 is 1.89 bits per heavy atom. The third-order valence-corrected chi connectivity index (χ3v) is 5.23. The SMILES string of the molecule is NC(=O)C1CCCN(c2ccc(CNC(=O)CCc3ccccc3O)cc2)C1. The number of piperidine rings is 1. The van der Waals surface area contributed by atoms with Crippen molar-refractivity contribution in [3.63, 3.8) is 0 Å². The molecule has 2 aromatic rings. The van der Waals surface area contributed by atoms with Crippen molar-refractivity contribution < 1.29 is 14.7 Å². The molecular weight excluding hydrogens is 354 g/mol. The molecular formula is C22H27N3O3. The molecule has 4 N–H and O–H groups in total. The number of rotatable bonds is 7. The second kappa shape index (κ2) is 9.26. The van der Waals surface area contributed by atoms with E-state index in [2.05, 4.69) is 10.2 Å². The van der Waals surface area contributed by atoms with Gasteiger partial charge >= 0.3 is 0 Å². The summed E-state index contributed by atoms with van der Waals surface area (Å²) < 4.78 is 0. The van der Waals surface area contributed by atoms with Crippen LogP contribution < -0.4 is 16.0 Å². The van der Waals surface area contributed by atoms with Crippen LogP contribution in [0.1, 0.15) is 30.4 Å². The number of amides is 2. The van der Waals surface area contributed by atoms with E-state index in [0.29, 0.717) is 25.9 Å². The highest BCUT2D eigenvalue weighted by Crippen LogP contribution is 2.23. The predicted molar refractivity (Wildman–Crippen MR) is 109 cm³/mol. The first-order valence-electron chi connectivity index (χ1n) is 9.69. The van der Waals surface area contributed by atoms with Gasteiger partial charge in [-0.05, 0) is 48.6 Å². The van der Waals surface area contributed by atoms with Gasteiger partial charge in [0.05, 0.1) is 5.92 Å². The number of phenolic OH excluding ortho intramolecular Hbond substituents is 1. The summed E-state index contributed by atoms with van der Waals surface area (Å²) in [5, 5.41) is 12.7. The van der Waals surface area contributed by atoms with E-state index in [-0.39, 0.29) is 23.5 Å². The Balaban J connectivity index is 1.47. The van der Waals surface area contributed by atoms with Gasteiger partial charge in [0.25, 0.3) is 0 Å².